The van der Waals surface area contributed by atoms with Crippen LogP contribution in [0.1, 0.15) is 52.1 Å². The third kappa shape index (κ3) is 4.68. The maximum atomic E-state index is 13.1. The SMILES string of the molecule is CCOC(=O)c1c(NC(=O)C(CC)OC(=O)c2cccc(N)c2)sc2c1CCc1ccccc1-2. The predicted molar refractivity (Wildman–Crippen MR) is 132 cm³/mol. The van der Waals surface area contributed by atoms with Crippen LogP contribution in [0.2, 0.25) is 0 Å². The summed E-state index contributed by atoms with van der Waals surface area (Å²) in [6.07, 6.45) is 0.710. The molecule has 176 valence electrons. The lowest BCUT2D eigenvalue weighted by Gasteiger charge is -2.17. The van der Waals surface area contributed by atoms with Crippen LogP contribution in [0.4, 0.5) is 10.7 Å². The molecule has 0 saturated carbocycles. The number of nitrogens with one attached hydrogen (secondary N) is 1. The van der Waals surface area contributed by atoms with Crippen LogP contribution in [0, 0.1) is 0 Å². The number of fused-ring (bicyclic) bond motifs is 3. The number of thiophene rings is 1. The number of nitrogens with two attached hydrogens (primary N) is 1. The van der Waals surface area contributed by atoms with Crippen LogP contribution in [-0.2, 0) is 27.1 Å². The lowest BCUT2D eigenvalue weighted by molar-refractivity contribution is -0.124. The lowest BCUT2D eigenvalue weighted by Crippen LogP contribution is -2.32. The molecule has 34 heavy (non-hydrogen) atoms. The number of nitrogen functional groups attached to an aromatic ring is 1. The van der Waals surface area contributed by atoms with E-state index in [-0.39, 0.29) is 18.6 Å². The minimum absolute atomic E-state index is 0.225. The Kier molecular flexibility index (Phi) is 6.98. The number of anilines is 2. The molecule has 2 aromatic carbocycles. The van der Waals surface area contributed by atoms with Gasteiger partial charge in [-0.2, -0.15) is 0 Å². The fraction of sp³-hybridized carbons (Fsp3) is 0.269. The number of carbonyl (C=O) groups excluding carboxylic acids is 3. The third-order valence-electron chi connectivity index (χ3n) is 5.66. The molecule has 3 N–H and O–H groups in total. The molecule has 1 aliphatic rings. The normalized spacial score (nSPS) is 12.8. The largest absolute Gasteiger partial charge is 0.462 e. The summed E-state index contributed by atoms with van der Waals surface area (Å²) in [7, 11) is 0. The molecule has 0 saturated heterocycles. The number of amides is 1. The first kappa shape index (κ1) is 23.5. The van der Waals surface area contributed by atoms with E-state index in [1.807, 2.05) is 18.2 Å². The molecule has 0 aliphatic heterocycles. The highest BCUT2D eigenvalue weighted by Crippen LogP contribution is 2.45. The lowest BCUT2D eigenvalue weighted by atomic mass is 9.89. The summed E-state index contributed by atoms with van der Waals surface area (Å²) in [5.74, 6) is -1.61. The minimum atomic E-state index is -1.03. The van der Waals surface area contributed by atoms with Crippen LogP contribution in [0.25, 0.3) is 10.4 Å². The summed E-state index contributed by atoms with van der Waals surface area (Å²) in [5.41, 5.74) is 9.95. The van der Waals surface area contributed by atoms with Crippen molar-refractivity contribution in [3.63, 3.8) is 0 Å². The molecule has 4 rings (SSSR count). The van der Waals surface area contributed by atoms with Crippen molar-refractivity contribution in [3.05, 3.63) is 70.8 Å². The van der Waals surface area contributed by atoms with Gasteiger partial charge in [-0.15, -0.1) is 11.3 Å². The van der Waals surface area contributed by atoms with Crippen molar-refractivity contribution < 1.29 is 23.9 Å². The van der Waals surface area contributed by atoms with E-state index in [4.69, 9.17) is 15.2 Å². The summed E-state index contributed by atoms with van der Waals surface area (Å²) in [6.45, 7) is 3.72. The highest BCUT2D eigenvalue weighted by molar-refractivity contribution is 7.20. The minimum Gasteiger partial charge on any atom is -0.462 e. The Balaban J connectivity index is 1.62. The molecule has 1 atom stereocenters. The number of ether oxygens (including phenoxy) is 2. The number of benzene rings is 2. The molecule has 3 aromatic rings. The van der Waals surface area contributed by atoms with Gasteiger partial charge >= 0.3 is 11.9 Å². The molecule has 1 amide bonds. The van der Waals surface area contributed by atoms with E-state index in [0.29, 0.717) is 22.7 Å². The highest BCUT2D eigenvalue weighted by atomic mass is 32.1. The van der Waals surface area contributed by atoms with Crippen LogP contribution in [0.3, 0.4) is 0 Å². The van der Waals surface area contributed by atoms with E-state index in [1.54, 1.807) is 32.0 Å². The van der Waals surface area contributed by atoms with Gasteiger partial charge in [0.1, 0.15) is 5.00 Å². The monoisotopic (exact) mass is 478 g/mol. The summed E-state index contributed by atoms with van der Waals surface area (Å²) < 4.78 is 10.8. The number of esters is 2. The standard InChI is InChI=1S/C26H26N2O5S/c1-3-20(33-25(30)16-9-7-10-17(27)14-16)23(29)28-24-21(26(31)32-4-2)19-13-12-15-8-5-6-11-18(15)22(19)34-24/h5-11,14,20H,3-4,12-13,27H2,1-2H3,(H,28,29). The van der Waals surface area contributed by atoms with Crippen LogP contribution in [0.5, 0.6) is 0 Å². The van der Waals surface area contributed by atoms with Gasteiger partial charge in [0.05, 0.1) is 17.7 Å². The number of hydrogen-bond donors (Lipinski definition) is 2. The van der Waals surface area contributed by atoms with E-state index in [0.717, 1.165) is 22.4 Å². The van der Waals surface area contributed by atoms with Gasteiger partial charge in [-0.25, -0.2) is 9.59 Å². The average molecular weight is 479 g/mol. The van der Waals surface area contributed by atoms with Gasteiger partial charge in [0.25, 0.3) is 5.91 Å². The van der Waals surface area contributed by atoms with Crippen molar-refractivity contribution in [1.29, 1.82) is 0 Å². The van der Waals surface area contributed by atoms with Crippen LogP contribution in [-0.4, -0.2) is 30.6 Å². The Morgan fingerprint density at radius 2 is 1.85 bits per heavy atom. The Bertz CT molecular complexity index is 1250. The Morgan fingerprint density at radius 1 is 1.06 bits per heavy atom. The van der Waals surface area contributed by atoms with Crippen molar-refractivity contribution in [2.24, 2.45) is 0 Å². The van der Waals surface area contributed by atoms with Gasteiger partial charge in [0.2, 0.25) is 0 Å². The molecule has 0 fully saturated rings. The zero-order valence-electron chi connectivity index (χ0n) is 19.1. The predicted octanol–water partition coefficient (Wildman–Crippen LogP) is 4.85. The zero-order chi connectivity index (χ0) is 24.2. The number of hydrogen-bond acceptors (Lipinski definition) is 7. The second-order valence-corrected chi connectivity index (χ2v) is 8.93. The fourth-order valence-electron chi connectivity index (χ4n) is 4.03. The summed E-state index contributed by atoms with van der Waals surface area (Å²) in [4.78, 5) is 39.5. The summed E-state index contributed by atoms with van der Waals surface area (Å²) in [5, 5.41) is 3.24. The fourth-order valence-corrected chi connectivity index (χ4v) is 5.33. The highest BCUT2D eigenvalue weighted by Gasteiger charge is 2.31. The third-order valence-corrected chi connectivity index (χ3v) is 6.85. The summed E-state index contributed by atoms with van der Waals surface area (Å²) in [6, 6.07) is 14.4. The zero-order valence-corrected chi connectivity index (χ0v) is 19.9. The maximum Gasteiger partial charge on any atom is 0.341 e. The van der Waals surface area contributed by atoms with Gasteiger partial charge in [0.15, 0.2) is 6.10 Å². The van der Waals surface area contributed by atoms with Crippen molar-refractivity contribution in [1.82, 2.24) is 0 Å². The van der Waals surface area contributed by atoms with Crippen LogP contribution < -0.4 is 11.1 Å². The van der Waals surface area contributed by atoms with E-state index >= 15 is 0 Å². The molecule has 0 spiro atoms. The molecule has 0 bridgehead atoms. The Labute approximate surface area is 201 Å². The van der Waals surface area contributed by atoms with Crippen LogP contribution >= 0.6 is 11.3 Å². The first-order valence-electron chi connectivity index (χ1n) is 11.2. The first-order valence-corrected chi connectivity index (χ1v) is 12.0. The van der Waals surface area contributed by atoms with Crippen molar-refractivity contribution in [2.75, 3.05) is 17.7 Å². The van der Waals surface area contributed by atoms with Gasteiger partial charge in [-0.1, -0.05) is 37.3 Å². The van der Waals surface area contributed by atoms with E-state index in [2.05, 4.69) is 11.4 Å². The smallest absolute Gasteiger partial charge is 0.341 e. The number of carbonyl (C=O) groups is 3. The van der Waals surface area contributed by atoms with Gasteiger partial charge < -0.3 is 20.5 Å². The van der Waals surface area contributed by atoms with Crippen LogP contribution in [0.15, 0.2) is 48.5 Å². The molecule has 8 heteroatoms. The average Bonchev–Trinajstić information content (AvgIpc) is 3.20. The topological polar surface area (TPSA) is 108 Å². The number of aryl methyl sites for hydroxylation is 1. The second-order valence-electron chi connectivity index (χ2n) is 7.91. The van der Waals surface area contributed by atoms with Gasteiger partial charge in [0, 0.05) is 10.6 Å². The molecule has 1 heterocycles. The summed E-state index contributed by atoms with van der Waals surface area (Å²) >= 11 is 1.34. The van der Waals surface area contributed by atoms with Crippen molar-refractivity contribution in [2.45, 2.75) is 39.2 Å². The Morgan fingerprint density at radius 3 is 2.59 bits per heavy atom. The van der Waals surface area contributed by atoms with Crippen molar-refractivity contribution >= 4 is 39.9 Å². The molecule has 7 nitrogen and oxygen atoms in total. The van der Waals surface area contributed by atoms with Gasteiger partial charge in [-0.3, -0.25) is 4.79 Å². The first-order chi connectivity index (χ1) is 16.4. The molecular formula is C26H26N2O5S. The quantitative estimate of drug-likeness (QED) is 0.371. The Hall–Kier alpha value is -3.65. The molecule has 1 aliphatic carbocycles. The number of rotatable bonds is 7. The second kappa shape index (κ2) is 10.1. The van der Waals surface area contributed by atoms with E-state index < -0.39 is 23.9 Å². The van der Waals surface area contributed by atoms with Crippen molar-refractivity contribution in [3.8, 4) is 10.4 Å². The molecule has 1 unspecified atom stereocenters. The molecular weight excluding hydrogens is 452 g/mol. The maximum absolute atomic E-state index is 13.1. The molecule has 1 aromatic heterocycles. The van der Waals surface area contributed by atoms with E-state index in [1.165, 1.54) is 23.0 Å². The van der Waals surface area contributed by atoms with Gasteiger partial charge in [-0.05, 0) is 61.1 Å². The van der Waals surface area contributed by atoms with E-state index in [9.17, 15) is 14.4 Å². The molecule has 0 radical (unpaired) electrons.